The highest BCUT2D eigenvalue weighted by Gasteiger charge is 2.35. The molecule has 0 bridgehead atoms. The Labute approximate surface area is 154 Å². The minimum atomic E-state index is -3.71. The molecular formula is C18H27FN2O4S. The summed E-state index contributed by atoms with van der Waals surface area (Å²) in [7, 11) is -3.71. The minimum Gasteiger partial charge on any atom is -0.491 e. The number of nitrogens with zero attached hydrogens (tertiary/aromatic N) is 2. The molecule has 0 amide bonds. The third kappa shape index (κ3) is 3.88. The molecule has 0 aromatic heterocycles. The number of likely N-dealkylation sites (tertiary alicyclic amines) is 1. The first kappa shape index (κ1) is 19.5. The van der Waals surface area contributed by atoms with Crippen LogP contribution in [0.4, 0.5) is 4.39 Å². The van der Waals surface area contributed by atoms with Gasteiger partial charge in [0.05, 0.1) is 18.1 Å². The van der Waals surface area contributed by atoms with Gasteiger partial charge in [0.15, 0.2) is 11.6 Å². The first-order chi connectivity index (χ1) is 12.5. The van der Waals surface area contributed by atoms with E-state index in [1.165, 1.54) is 16.4 Å². The normalized spacial score (nSPS) is 23.4. The first-order valence-electron chi connectivity index (χ1n) is 9.26. The number of benzene rings is 1. The molecule has 0 spiro atoms. The third-order valence-electron chi connectivity index (χ3n) is 5.37. The van der Waals surface area contributed by atoms with Gasteiger partial charge in [0.25, 0.3) is 0 Å². The van der Waals surface area contributed by atoms with Crippen LogP contribution in [0.2, 0.25) is 0 Å². The summed E-state index contributed by atoms with van der Waals surface area (Å²) in [4.78, 5) is 2.28. The van der Waals surface area contributed by atoms with Gasteiger partial charge >= 0.3 is 0 Å². The van der Waals surface area contributed by atoms with Crippen LogP contribution in [0.25, 0.3) is 0 Å². The van der Waals surface area contributed by atoms with Gasteiger partial charge in [-0.3, -0.25) is 4.90 Å². The maximum absolute atomic E-state index is 14.0. The summed E-state index contributed by atoms with van der Waals surface area (Å²) in [5, 5.41) is 9.49. The van der Waals surface area contributed by atoms with Gasteiger partial charge < -0.3 is 9.84 Å². The average molecular weight is 386 g/mol. The molecule has 2 fully saturated rings. The van der Waals surface area contributed by atoms with Crippen LogP contribution in [0.1, 0.15) is 32.6 Å². The number of halogens is 1. The molecular weight excluding hydrogens is 359 g/mol. The predicted molar refractivity (Wildman–Crippen MR) is 96.2 cm³/mol. The molecule has 2 aliphatic rings. The Morgan fingerprint density at radius 1 is 1.23 bits per heavy atom. The lowest BCUT2D eigenvalue weighted by molar-refractivity contribution is 0.0899. The van der Waals surface area contributed by atoms with E-state index in [-0.39, 0.29) is 23.3 Å². The molecule has 0 saturated carbocycles. The lowest BCUT2D eigenvalue weighted by Crippen LogP contribution is -2.48. The summed E-state index contributed by atoms with van der Waals surface area (Å²) in [6.07, 6.45) is 3.54. The van der Waals surface area contributed by atoms with Crippen molar-refractivity contribution in [2.45, 2.75) is 49.6 Å². The molecule has 6 nitrogen and oxygen atoms in total. The number of aliphatic hydroxyl groups excluding tert-OH is 1. The number of hydrogen-bond acceptors (Lipinski definition) is 5. The zero-order chi connectivity index (χ0) is 18.7. The van der Waals surface area contributed by atoms with Gasteiger partial charge in [-0.1, -0.05) is 0 Å². The summed E-state index contributed by atoms with van der Waals surface area (Å²) < 4.78 is 46.3. The maximum atomic E-state index is 14.0. The average Bonchev–Trinajstić information content (AvgIpc) is 3.12. The fraction of sp³-hybridized carbons (Fsp3) is 0.667. The van der Waals surface area contributed by atoms with E-state index in [0.717, 1.165) is 38.3 Å². The number of rotatable bonds is 6. The van der Waals surface area contributed by atoms with Gasteiger partial charge in [-0.2, -0.15) is 4.31 Å². The van der Waals surface area contributed by atoms with E-state index in [1.807, 2.05) is 0 Å². The van der Waals surface area contributed by atoms with E-state index in [4.69, 9.17) is 4.74 Å². The molecule has 146 valence electrons. The van der Waals surface area contributed by atoms with Crippen molar-refractivity contribution in [2.75, 3.05) is 32.8 Å². The number of piperidine rings is 1. The lowest BCUT2D eigenvalue weighted by Gasteiger charge is -2.38. The molecule has 2 aliphatic heterocycles. The van der Waals surface area contributed by atoms with Crippen molar-refractivity contribution in [1.82, 2.24) is 9.21 Å². The molecule has 1 N–H and O–H groups in total. The van der Waals surface area contributed by atoms with Crippen molar-refractivity contribution in [3.05, 3.63) is 24.0 Å². The fourth-order valence-electron chi connectivity index (χ4n) is 4.01. The summed E-state index contributed by atoms with van der Waals surface area (Å²) >= 11 is 0. The smallest absolute Gasteiger partial charge is 0.243 e. The van der Waals surface area contributed by atoms with E-state index in [1.54, 1.807) is 6.92 Å². The predicted octanol–water partition coefficient (Wildman–Crippen LogP) is 1.83. The maximum Gasteiger partial charge on any atom is 0.243 e. The van der Waals surface area contributed by atoms with E-state index >= 15 is 0 Å². The molecule has 8 heteroatoms. The van der Waals surface area contributed by atoms with Gasteiger partial charge in [-0.05, 0) is 57.4 Å². The Bertz CT molecular complexity index is 720. The number of sulfonamides is 1. The van der Waals surface area contributed by atoms with Crippen LogP contribution in [0.15, 0.2) is 23.1 Å². The standard InChI is InChI=1S/C18H27FN2O4S/c1-2-25-18-6-5-16(12-17(18)19)26(23,24)20-10-7-14(8-11-20)21-9-3-4-15(21)13-22/h5-6,12,14-15,22H,2-4,7-11,13H2,1H3/t15-/m1/s1. The van der Waals surface area contributed by atoms with Crippen molar-refractivity contribution in [1.29, 1.82) is 0 Å². The van der Waals surface area contributed by atoms with Gasteiger partial charge in [-0.25, -0.2) is 12.8 Å². The van der Waals surface area contributed by atoms with E-state index in [9.17, 15) is 17.9 Å². The Hall–Kier alpha value is -1.22. The van der Waals surface area contributed by atoms with Gasteiger partial charge in [-0.15, -0.1) is 0 Å². The SMILES string of the molecule is CCOc1ccc(S(=O)(=O)N2CCC(N3CCC[C@@H]3CO)CC2)cc1F. The van der Waals surface area contributed by atoms with Gasteiger partial charge in [0.1, 0.15) is 0 Å². The highest BCUT2D eigenvalue weighted by molar-refractivity contribution is 7.89. The number of hydrogen-bond donors (Lipinski definition) is 1. The van der Waals surface area contributed by atoms with Crippen LogP contribution in [-0.2, 0) is 10.0 Å². The second kappa shape index (κ2) is 8.21. The highest BCUT2D eigenvalue weighted by Crippen LogP contribution is 2.29. The van der Waals surface area contributed by atoms with Crippen molar-refractivity contribution in [3.63, 3.8) is 0 Å². The van der Waals surface area contributed by atoms with E-state index < -0.39 is 15.8 Å². The molecule has 3 rings (SSSR count). The molecule has 1 aromatic rings. The zero-order valence-corrected chi connectivity index (χ0v) is 15.9. The van der Waals surface area contributed by atoms with Crippen LogP contribution in [0.5, 0.6) is 5.75 Å². The second-order valence-electron chi connectivity index (χ2n) is 6.88. The third-order valence-corrected chi connectivity index (χ3v) is 7.26. The topological polar surface area (TPSA) is 70.1 Å². The Morgan fingerprint density at radius 3 is 2.58 bits per heavy atom. The Morgan fingerprint density at radius 2 is 1.96 bits per heavy atom. The Kier molecular flexibility index (Phi) is 6.17. The molecule has 1 atom stereocenters. The summed E-state index contributed by atoms with van der Waals surface area (Å²) in [6, 6.07) is 4.31. The summed E-state index contributed by atoms with van der Waals surface area (Å²) in [5.41, 5.74) is 0. The highest BCUT2D eigenvalue weighted by atomic mass is 32.2. The van der Waals surface area contributed by atoms with Crippen molar-refractivity contribution in [2.24, 2.45) is 0 Å². The van der Waals surface area contributed by atoms with Crippen molar-refractivity contribution in [3.8, 4) is 5.75 Å². The lowest BCUT2D eigenvalue weighted by atomic mass is 10.0. The molecule has 0 radical (unpaired) electrons. The monoisotopic (exact) mass is 386 g/mol. The quantitative estimate of drug-likeness (QED) is 0.808. The second-order valence-corrected chi connectivity index (χ2v) is 8.81. The van der Waals surface area contributed by atoms with Crippen molar-refractivity contribution >= 4 is 10.0 Å². The number of aliphatic hydroxyl groups is 1. The summed E-state index contributed by atoms with van der Waals surface area (Å²) in [5.74, 6) is -0.597. The van der Waals surface area contributed by atoms with Crippen LogP contribution in [0, 0.1) is 5.82 Å². The molecule has 0 unspecified atom stereocenters. The molecule has 1 aromatic carbocycles. The van der Waals surface area contributed by atoms with Crippen LogP contribution >= 0.6 is 0 Å². The molecule has 2 saturated heterocycles. The molecule has 2 heterocycles. The molecule has 0 aliphatic carbocycles. The molecule has 26 heavy (non-hydrogen) atoms. The van der Waals surface area contributed by atoms with Gasteiger partial charge in [0.2, 0.25) is 10.0 Å². The number of ether oxygens (including phenoxy) is 1. The summed E-state index contributed by atoms with van der Waals surface area (Å²) in [6.45, 7) is 4.02. The fourth-order valence-corrected chi connectivity index (χ4v) is 5.49. The van der Waals surface area contributed by atoms with E-state index in [2.05, 4.69) is 4.90 Å². The Balaban J connectivity index is 1.67. The van der Waals surface area contributed by atoms with E-state index in [0.29, 0.717) is 25.7 Å². The first-order valence-corrected chi connectivity index (χ1v) is 10.7. The largest absolute Gasteiger partial charge is 0.491 e. The zero-order valence-electron chi connectivity index (χ0n) is 15.1. The minimum absolute atomic E-state index is 0.0358. The van der Waals surface area contributed by atoms with Gasteiger partial charge in [0, 0.05) is 25.2 Å². The van der Waals surface area contributed by atoms with Crippen LogP contribution in [-0.4, -0.2) is 67.7 Å². The van der Waals surface area contributed by atoms with Crippen molar-refractivity contribution < 1.29 is 22.7 Å². The van der Waals surface area contributed by atoms with Crippen LogP contribution < -0.4 is 4.74 Å². The van der Waals surface area contributed by atoms with Crippen LogP contribution in [0.3, 0.4) is 0 Å².